The molecule has 0 spiro atoms. The molecule has 2 heterocycles. The zero-order chi connectivity index (χ0) is 13.0. The molecule has 1 atom stereocenters. The van der Waals surface area contributed by atoms with E-state index in [1.807, 2.05) is 17.5 Å². The summed E-state index contributed by atoms with van der Waals surface area (Å²) < 4.78 is 0. The van der Waals surface area contributed by atoms with Gasteiger partial charge in [-0.3, -0.25) is 4.79 Å². The molecule has 0 bridgehead atoms. The Labute approximate surface area is 113 Å². The highest BCUT2D eigenvalue weighted by atomic mass is 32.1. The van der Waals surface area contributed by atoms with Gasteiger partial charge in [0, 0.05) is 27.9 Å². The first-order valence-corrected chi connectivity index (χ1v) is 7.27. The van der Waals surface area contributed by atoms with Gasteiger partial charge in [-0.15, -0.1) is 22.7 Å². The van der Waals surface area contributed by atoms with Gasteiger partial charge in [0.05, 0.1) is 12.5 Å². The van der Waals surface area contributed by atoms with Crippen LogP contribution in [0.2, 0.25) is 0 Å². The van der Waals surface area contributed by atoms with Gasteiger partial charge in [-0.1, -0.05) is 0 Å². The van der Waals surface area contributed by atoms with Crippen LogP contribution in [0.4, 0.5) is 0 Å². The lowest BCUT2D eigenvalue weighted by Gasteiger charge is -2.09. The minimum Gasteiger partial charge on any atom is -0.481 e. The van der Waals surface area contributed by atoms with Crippen molar-refractivity contribution in [1.29, 1.82) is 0 Å². The minimum absolute atomic E-state index is 0.104. The van der Waals surface area contributed by atoms with Gasteiger partial charge in [-0.2, -0.15) is 0 Å². The van der Waals surface area contributed by atoms with Crippen molar-refractivity contribution < 1.29 is 9.90 Å². The summed E-state index contributed by atoms with van der Waals surface area (Å²) in [5.41, 5.74) is 0. The third-order valence-electron chi connectivity index (χ3n) is 2.45. The van der Waals surface area contributed by atoms with Gasteiger partial charge in [-0.25, -0.2) is 4.98 Å². The summed E-state index contributed by atoms with van der Waals surface area (Å²) in [5, 5.41) is 15.1. The molecular formula is C12H14N2O2S2. The average molecular weight is 282 g/mol. The molecule has 1 unspecified atom stereocenters. The molecule has 96 valence electrons. The van der Waals surface area contributed by atoms with Crippen molar-refractivity contribution in [2.45, 2.75) is 25.9 Å². The normalized spacial score (nSPS) is 12.5. The molecule has 2 aromatic heterocycles. The molecule has 0 radical (unpaired) electrons. The fourth-order valence-electron chi connectivity index (χ4n) is 1.55. The molecule has 2 N–H and O–H groups in total. The van der Waals surface area contributed by atoms with Crippen molar-refractivity contribution in [3.63, 3.8) is 0 Å². The summed E-state index contributed by atoms with van der Waals surface area (Å²) >= 11 is 3.17. The summed E-state index contributed by atoms with van der Waals surface area (Å²) in [5.74, 6) is -0.785. The highest BCUT2D eigenvalue weighted by Crippen LogP contribution is 2.19. The molecule has 6 heteroatoms. The third kappa shape index (κ3) is 3.63. The topological polar surface area (TPSA) is 62.2 Å². The first-order valence-electron chi connectivity index (χ1n) is 5.57. The van der Waals surface area contributed by atoms with E-state index in [-0.39, 0.29) is 12.5 Å². The molecule has 18 heavy (non-hydrogen) atoms. The van der Waals surface area contributed by atoms with E-state index >= 15 is 0 Å². The lowest BCUT2D eigenvalue weighted by atomic mass is 10.3. The fraction of sp³-hybridized carbons (Fsp3) is 0.333. The van der Waals surface area contributed by atoms with Gasteiger partial charge in [0.2, 0.25) is 0 Å². The summed E-state index contributed by atoms with van der Waals surface area (Å²) in [6.07, 6.45) is 1.90. The van der Waals surface area contributed by atoms with Crippen LogP contribution in [0.25, 0.3) is 0 Å². The number of rotatable bonds is 6. The Morgan fingerprint density at radius 2 is 2.28 bits per heavy atom. The molecule has 0 fully saturated rings. The molecule has 0 saturated carbocycles. The van der Waals surface area contributed by atoms with Crippen molar-refractivity contribution >= 4 is 28.6 Å². The molecule has 0 saturated heterocycles. The average Bonchev–Trinajstić information content (AvgIpc) is 2.95. The van der Waals surface area contributed by atoms with Crippen LogP contribution in [0.5, 0.6) is 0 Å². The summed E-state index contributed by atoms with van der Waals surface area (Å²) in [7, 11) is 0. The minimum atomic E-state index is -0.785. The van der Waals surface area contributed by atoms with Crippen LogP contribution in [0.3, 0.4) is 0 Å². The van der Waals surface area contributed by atoms with Gasteiger partial charge < -0.3 is 10.4 Å². The lowest BCUT2D eigenvalue weighted by molar-refractivity contribution is -0.136. The van der Waals surface area contributed by atoms with Gasteiger partial charge in [0.15, 0.2) is 0 Å². The maximum atomic E-state index is 10.6. The Kier molecular flexibility index (Phi) is 4.46. The largest absolute Gasteiger partial charge is 0.481 e. The van der Waals surface area contributed by atoms with Crippen LogP contribution in [-0.4, -0.2) is 16.1 Å². The van der Waals surface area contributed by atoms with Crippen LogP contribution < -0.4 is 5.32 Å². The molecule has 2 aromatic rings. The number of hydrogen-bond donors (Lipinski definition) is 2. The van der Waals surface area contributed by atoms with Gasteiger partial charge >= 0.3 is 5.97 Å². The number of thiophene rings is 1. The first-order chi connectivity index (χ1) is 8.65. The molecule has 4 nitrogen and oxygen atoms in total. The maximum Gasteiger partial charge on any atom is 0.308 e. The van der Waals surface area contributed by atoms with Crippen LogP contribution in [0, 0.1) is 0 Å². The predicted molar refractivity (Wildman–Crippen MR) is 73.0 cm³/mol. The number of carbonyl (C=O) groups is 1. The van der Waals surface area contributed by atoms with E-state index in [2.05, 4.69) is 17.2 Å². The smallest absolute Gasteiger partial charge is 0.308 e. The third-order valence-corrected chi connectivity index (χ3v) is 4.49. The Bertz CT molecular complexity index is 508. The predicted octanol–water partition coefficient (Wildman–Crippen LogP) is 2.68. The first kappa shape index (κ1) is 13.2. The molecule has 0 aliphatic heterocycles. The number of nitrogens with zero attached hydrogens (tertiary/aromatic N) is 1. The van der Waals surface area contributed by atoms with E-state index in [4.69, 9.17) is 5.11 Å². The highest BCUT2D eigenvalue weighted by Gasteiger charge is 2.09. The zero-order valence-electron chi connectivity index (χ0n) is 9.92. The van der Waals surface area contributed by atoms with Crippen molar-refractivity contribution in [3.05, 3.63) is 38.5 Å². The number of hydrogen-bond acceptors (Lipinski definition) is 5. The van der Waals surface area contributed by atoms with Crippen molar-refractivity contribution in [1.82, 2.24) is 10.3 Å². The quantitative estimate of drug-likeness (QED) is 0.855. The summed E-state index contributed by atoms with van der Waals surface area (Å²) in [6, 6.07) is 4.07. The van der Waals surface area contributed by atoms with Crippen LogP contribution in [0.1, 0.15) is 27.7 Å². The SMILES string of the molecule is CC(NCc1ccc(CC(=O)O)s1)c1nccs1. The molecule has 2 rings (SSSR count). The molecule has 0 amide bonds. The number of aromatic nitrogens is 1. The zero-order valence-corrected chi connectivity index (χ0v) is 11.6. The van der Waals surface area contributed by atoms with Crippen LogP contribution in [0.15, 0.2) is 23.7 Å². The van der Waals surface area contributed by atoms with Crippen molar-refractivity contribution in [2.24, 2.45) is 0 Å². The van der Waals surface area contributed by atoms with E-state index in [0.717, 1.165) is 21.3 Å². The van der Waals surface area contributed by atoms with Gasteiger partial charge in [0.25, 0.3) is 0 Å². The van der Waals surface area contributed by atoms with Crippen LogP contribution in [-0.2, 0) is 17.8 Å². The van der Waals surface area contributed by atoms with E-state index in [1.54, 1.807) is 28.9 Å². The molecule has 0 aliphatic carbocycles. The van der Waals surface area contributed by atoms with Gasteiger partial charge in [-0.05, 0) is 19.1 Å². The summed E-state index contributed by atoms with van der Waals surface area (Å²) in [6.45, 7) is 2.82. The second-order valence-corrected chi connectivity index (χ2v) is 6.09. The molecular weight excluding hydrogens is 268 g/mol. The van der Waals surface area contributed by atoms with Gasteiger partial charge in [0.1, 0.15) is 5.01 Å². The van der Waals surface area contributed by atoms with E-state index in [9.17, 15) is 4.79 Å². The fourth-order valence-corrected chi connectivity index (χ4v) is 3.18. The summed E-state index contributed by atoms with van der Waals surface area (Å²) in [4.78, 5) is 16.9. The Morgan fingerprint density at radius 1 is 1.50 bits per heavy atom. The molecule has 0 aliphatic rings. The second kappa shape index (κ2) is 6.08. The highest BCUT2D eigenvalue weighted by molar-refractivity contribution is 7.12. The monoisotopic (exact) mass is 282 g/mol. The molecule has 0 aromatic carbocycles. The lowest BCUT2D eigenvalue weighted by Crippen LogP contribution is -2.17. The number of nitrogens with one attached hydrogen (secondary N) is 1. The van der Waals surface area contributed by atoms with E-state index in [0.29, 0.717) is 0 Å². The maximum absolute atomic E-state index is 10.6. The number of thiazole rings is 1. The Balaban J connectivity index is 1.86. The Hall–Kier alpha value is -1.24. The number of aliphatic carboxylic acids is 1. The number of carboxylic acids is 1. The van der Waals surface area contributed by atoms with Crippen molar-refractivity contribution in [3.8, 4) is 0 Å². The Morgan fingerprint density at radius 3 is 2.94 bits per heavy atom. The van der Waals surface area contributed by atoms with E-state index in [1.165, 1.54) is 0 Å². The van der Waals surface area contributed by atoms with E-state index < -0.39 is 5.97 Å². The number of carboxylic acid groups (broad SMARTS) is 1. The van der Waals surface area contributed by atoms with Crippen LogP contribution >= 0.6 is 22.7 Å². The van der Waals surface area contributed by atoms with Crippen molar-refractivity contribution in [2.75, 3.05) is 0 Å². The second-order valence-electron chi connectivity index (χ2n) is 3.91. The standard InChI is InChI=1S/C12H14N2O2S2/c1-8(12-13-4-5-17-12)14-7-10-3-2-9(18-10)6-11(15)16/h2-5,8,14H,6-7H2,1H3,(H,15,16).